The van der Waals surface area contributed by atoms with Crippen molar-refractivity contribution in [1.29, 1.82) is 0 Å². The van der Waals surface area contributed by atoms with Crippen molar-refractivity contribution < 1.29 is 14.5 Å². The van der Waals surface area contributed by atoms with Gasteiger partial charge in [-0.05, 0) is 24.6 Å². The summed E-state index contributed by atoms with van der Waals surface area (Å²) in [7, 11) is 0. The Balaban J connectivity index is 1.69. The van der Waals surface area contributed by atoms with E-state index in [1.807, 2.05) is 0 Å². The predicted octanol–water partition coefficient (Wildman–Crippen LogP) is 1.45. The number of nitrogens with one attached hydrogen (secondary N) is 1. The van der Waals surface area contributed by atoms with Gasteiger partial charge in [-0.25, -0.2) is 0 Å². The fourth-order valence-corrected chi connectivity index (χ4v) is 2.31. The van der Waals surface area contributed by atoms with Crippen molar-refractivity contribution in [2.24, 2.45) is 0 Å². The number of carbonyl (C=O) groups is 1. The Morgan fingerprint density at radius 1 is 1.39 bits per heavy atom. The smallest absolute Gasteiger partial charge is 0.270 e. The first-order valence-corrected chi connectivity index (χ1v) is 7.65. The zero-order valence-electron chi connectivity index (χ0n) is 12.9. The van der Waals surface area contributed by atoms with E-state index in [0.29, 0.717) is 12.1 Å². The number of non-ortho nitro benzene ring substituents is 1. The molecule has 1 aliphatic heterocycles. The van der Waals surface area contributed by atoms with Gasteiger partial charge in [0.1, 0.15) is 0 Å². The molecule has 0 spiro atoms. The molecular weight excluding hydrogens is 298 g/mol. The lowest BCUT2D eigenvalue weighted by molar-refractivity contribution is -0.384. The van der Waals surface area contributed by atoms with Crippen LogP contribution in [0.25, 0.3) is 6.08 Å². The van der Waals surface area contributed by atoms with Gasteiger partial charge < -0.3 is 10.1 Å². The molecule has 23 heavy (non-hydrogen) atoms. The van der Waals surface area contributed by atoms with Crippen LogP contribution in [0.1, 0.15) is 12.0 Å². The number of carbonyl (C=O) groups excluding carboxylic acids is 1. The molecule has 1 fully saturated rings. The molecule has 0 aromatic heterocycles. The molecule has 7 heteroatoms. The number of nitrogens with zero attached hydrogens (tertiary/aromatic N) is 2. The van der Waals surface area contributed by atoms with Crippen LogP contribution in [0.2, 0.25) is 0 Å². The maximum atomic E-state index is 11.7. The molecule has 1 aromatic rings. The summed E-state index contributed by atoms with van der Waals surface area (Å²) in [5.74, 6) is -0.196. The predicted molar refractivity (Wildman–Crippen MR) is 87.0 cm³/mol. The highest BCUT2D eigenvalue weighted by Gasteiger charge is 2.09. The lowest BCUT2D eigenvalue weighted by Gasteiger charge is -2.26. The molecule has 1 amide bonds. The molecule has 0 atom stereocenters. The maximum absolute atomic E-state index is 11.7. The largest absolute Gasteiger partial charge is 0.379 e. The van der Waals surface area contributed by atoms with E-state index in [9.17, 15) is 14.9 Å². The van der Waals surface area contributed by atoms with Gasteiger partial charge in [-0.1, -0.05) is 12.1 Å². The quantitative estimate of drug-likeness (QED) is 0.356. The number of ether oxygens (including phenoxy) is 1. The Kier molecular flexibility index (Phi) is 6.71. The van der Waals surface area contributed by atoms with Gasteiger partial charge in [0.25, 0.3) is 5.69 Å². The molecule has 7 nitrogen and oxygen atoms in total. The van der Waals surface area contributed by atoms with Crippen LogP contribution in [-0.4, -0.2) is 55.1 Å². The molecule has 1 aromatic carbocycles. The van der Waals surface area contributed by atoms with Crippen LogP contribution in [0.15, 0.2) is 30.3 Å². The molecule has 1 heterocycles. The number of nitro benzene ring substituents is 1. The summed E-state index contributed by atoms with van der Waals surface area (Å²) in [6.07, 6.45) is 3.86. The summed E-state index contributed by atoms with van der Waals surface area (Å²) in [6, 6.07) is 6.17. The lowest BCUT2D eigenvalue weighted by atomic mass is 10.2. The lowest BCUT2D eigenvalue weighted by Crippen LogP contribution is -2.38. The van der Waals surface area contributed by atoms with Crippen molar-refractivity contribution in [3.8, 4) is 0 Å². The van der Waals surface area contributed by atoms with Gasteiger partial charge in [-0.2, -0.15) is 0 Å². The summed E-state index contributed by atoms with van der Waals surface area (Å²) in [5, 5.41) is 13.5. The van der Waals surface area contributed by atoms with Crippen molar-refractivity contribution in [2.75, 3.05) is 39.4 Å². The Morgan fingerprint density at radius 2 is 2.17 bits per heavy atom. The Hall–Kier alpha value is -2.25. The third-order valence-electron chi connectivity index (χ3n) is 3.56. The Morgan fingerprint density at radius 3 is 2.91 bits per heavy atom. The molecule has 1 N–H and O–H groups in total. The van der Waals surface area contributed by atoms with Gasteiger partial charge in [0.05, 0.1) is 18.1 Å². The molecule has 0 saturated carbocycles. The molecule has 1 saturated heterocycles. The van der Waals surface area contributed by atoms with Crippen molar-refractivity contribution in [1.82, 2.24) is 10.2 Å². The second-order valence-corrected chi connectivity index (χ2v) is 5.28. The zero-order chi connectivity index (χ0) is 16.5. The highest BCUT2D eigenvalue weighted by atomic mass is 16.6. The minimum atomic E-state index is -0.455. The van der Waals surface area contributed by atoms with Crippen LogP contribution in [0.4, 0.5) is 5.69 Å². The van der Waals surface area contributed by atoms with Crippen LogP contribution < -0.4 is 5.32 Å². The third-order valence-corrected chi connectivity index (χ3v) is 3.56. The highest BCUT2D eigenvalue weighted by Crippen LogP contribution is 2.13. The zero-order valence-corrected chi connectivity index (χ0v) is 12.9. The van der Waals surface area contributed by atoms with E-state index in [4.69, 9.17) is 4.74 Å². The summed E-state index contributed by atoms with van der Waals surface area (Å²) in [6.45, 7) is 4.99. The van der Waals surface area contributed by atoms with Gasteiger partial charge >= 0.3 is 0 Å². The molecule has 2 rings (SSSR count). The van der Waals surface area contributed by atoms with Crippen molar-refractivity contribution >= 4 is 17.7 Å². The molecule has 1 aliphatic rings. The molecule has 0 radical (unpaired) electrons. The second-order valence-electron chi connectivity index (χ2n) is 5.28. The third kappa shape index (κ3) is 6.17. The number of benzene rings is 1. The van der Waals surface area contributed by atoms with E-state index in [1.54, 1.807) is 18.2 Å². The number of amides is 1. The van der Waals surface area contributed by atoms with E-state index < -0.39 is 4.92 Å². The van der Waals surface area contributed by atoms with Crippen LogP contribution in [-0.2, 0) is 9.53 Å². The van der Waals surface area contributed by atoms with Crippen molar-refractivity contribution in [3.63, 3.8) is 0 Å². The van der Waals surface area contributed by atoms with E-state index in [1.165, 1.54) is 18.2 Å². The summed E-state index contributed by atoms with van der Waals surface area (Å²) >= 11 is 0. The average molecular weight is 319 g/mol. The molecule has 124 valence electrons. The Bertz CT molecular complexity index is 568. The Labute approximate surface area is 135 Å². The normalized spacial score (nSPS) is 15.7. The molecular formula is C16H21N3O4. The van der Waals surface area contributed by atoms with Crippen molar-refractivity contribution in [2.45, 2.75) is 6.42 Å². The number of morpholine rings is 1. The van der Waals surface area contributed by atoms with Gasteiger partial charge in [-0.15, -0.1) is 0 Å². The van der Waals surface area contributed by atoms with Crippen molar-refractivity contribution in [3.05, 3.63) is 46.0 Å². The fraction of sp³-hybridized carbons (Fsp3) is 0.438. The van der Waals surface area contributed by atoms with Gasteiger partial charge in [0, 0.05) is 37.8 Å². The topological polar surface area (TPSA) is 84.7 Å². The summed E-state index contributed by atoms with van der Waals surface area (Å²) in [5.41, 5.74) is 0.640. The van der Waals surface area contributed by atoms with E-state index in [-0.39, 0.29) is 11.6 Å². The number of hydrogen-bond donors (Lipinski definition) is 1. The van der Waals surface area contributed by atoms with Gasteiger partial charge in [0.15, 0.2) is 0 Å². The van der Waals surface area contributed by atoms with Crippen LogP contribution in [0.3, 0.4) is 0 Å². The average Bonchev–Trinajstić information content (AvgIpc) is 2.58. The highest BCUT2D eigenvalue weighted by molar-refractivity contribution is 5.91. The summed E-state index contributed by atoms with van der Waals surface area (Å²) < 4.78 is 5.28. The molecule has 0 bridgehead atoms. The first-order valence-electron chi connectivity index (χ1n) is 7.65. The van der Waals surface area contributed by atoms with E-state index >= 15 is 0 Å². The van der Waals surface area contributed by atoms with Gasteiger partial charge in [0.2, 0.25) is 5.91 Å². The number of rotatable bonds is 7. The standard InChI is InChI=1S/C16H21N3O4/c20-16(17-7-2-8-18-9-11-23-12-10-18)6-5-14-3-1-4-15(13-14)19(21)22/h1,3-6,13H,2,7-12H2,(H,17,20)/b6-5+. The molecule has 0 aliphatic carbocycles. The summed E-state index contributed by atoms with van der Waals surface area (Å²) in [4.78, 5) is 24.3. The minimum absolute atomic E-state index is 0.0121. The monoisotopic (exact) mass is 319 g/mol. The maximum Gasteiger partial charge on any atom is 0.270 e. The number of nitro groups is 1. The van der Waals surface area contributed by atoms with Crippen LogP contribution in [0, 0.1) is 10.1 Å². The van der Waals surface area contributed by atoms with E-state index in [2.05, 4.69) is 10.2 Å². The molecule has 0 unspecified atom stereocenters. The number of hydrogen-bond acceptors (Lipinski definition) is 5. The van der Waals surface area contributed by atoms with Crippen LogP contribution >= 0.6 is 0 Å². The second kappa shape index (κ2) is 9.02. The first kappa shape index (κ1) is 17.1. The van der Waals surface area contributed by atoms with Gasteiger partial charge in [-0.3, -0.25) is 19.8 Å². The van der Waals surface area contributed by atoms with Crippen LogP contribution in [0.5, 0.6) is 0 Å². The fourth-order valence-electron chi connectivity index (χ4n) is 2.31. The minimum Gasteiger partial charge on any atom is -0.379 e. The SMILES string of the molecule is O=C(/C=C/c1cccc([N+](=O)[O-])c1)NCCCN1CCOCC1. The van der Waals surface area contributed by atoms with E-state index in [0.717, 1.165) is 39.3 Å². The first-order chi connectivity index (χ1) is 11.1.